The molecule has 0 saturated carbocycles. The molecule has 3 rings (SSSR count). The van der Waals surface area contributed by atoms with Crippen molar-refractivity contribution in [1.29, 1.82) is 0 Å². The van der Waals surface area contributed by atoms with Gasteiger partial charge in [0.1, 0.15) is 6.54 Å². The lowest BCUT2D eigenvalue weighted by Gasteiger charge is -2.35. The third-order valence-electron chi connectivity index (χ3n) is 5.14. The summed E-state index contributed by atoms with van der Waals surface area (Å²) in [6.07, 6.45) is 5.98. The Morgan fingerprint density at radius 3 is 2.35 bits per heavy atom. The van der Waals surface area contributed by atoms with Gasteiger partial charge in [-0.3, -0.25) is 23.9 Å². The number of piperidine rings is 2. The van der Waals surface area contributed by atoms with E-state index in [-0.39, 0.29) is 28.7 Å². The Labute approximate surface area is 159 Å². The monoisotopic (exact) mass is 426 g/mol. The van der Waals surface area contributed by atoms with Crippen molar-refractivity contribution in [3.8, 4) is 0 Å². The standard InChI is InChI=1S/C17H23BrN4O4/c18-13-10-22(17(26)19-15(13)24)11-14(23)20-8-4-12(5-9-20)16(25)21-6-2-1-3-7-21/h10,12H,1-9,11H2,(H,19,24,26). The van der Waals surface area contributed by atoms with E-state index in [0.717, 1.165) is 25.9 Å². The van der Waals surface area contributed by atoms with Crippen molar-refractivity contribution in [2.24, 2.45) is 5.92 Å². The first kappa shape index (κ1) is 18.9. The molecule has 2 aliphatic heterocycles. The zero-order chi connectivity index (χ0) is 18.7. The predicted molar refractivity (Wildman–Crippen MR) is 98.8 cm³/mol. The number of carbonyl (C=O) groups is 2. The highest BCUT2D eigenvalue weighted by molar-refractivity contribution is 9.10. The van der Waals surface area contributed by atoms with Crippen LogP contribution in [-0.2, 0) is 16.1 Å². The molecule has 0 aromatic carbocycles. The molecule has 0 atom stereocenters. The van der Waals surface area contributed by atoms with Gasteiger partial charge >= 0.3 is 5.69 Å². The van der Waals surface area contributed by atoms with E-state index in [4.69, 9.17) is 0 Å². The maximum absolute atomic E-state index is 12.6. The molecule has 1 N–H and O–H groups in total. The summed E-state index contributed by atoms with van der Waals surface area (Å²) >= 11 is 3.06. The number of aromatic amines is 1. The van der Waals surface area contributed by atoms with Crippen LogP contribution in [-0.4, -0.2) is 57.3 Å². The zero-order valence-electron chi connectivity index (χ0n) is 14.6. The van der Waals surface area contributed by atoms with Crippen molar-refractivity contribution in [3.63, 3.8) is 0 Å². The van der Waals surface area contributed by atoms with Crippen molar-refractivity contribution < 1.29 is 9.59 Å². The van der Waals surface area contributed by atoms with Crippen LogP contribution in [0.15, 0.2) is 20.3 Å². The minimum absolute atomic E-state index is 0.0119. The van der Waals surface area contributed by atoms with Crippen LogP contribution in [0.4, 0.5) is 0 Å². The highest BCUT2D eigenvalue weighted by Crippen LogP contribution is 2.22. The molecule has 26 heavy (non-hydrogen) atoms. The van der Waals surface area contributed by atoms with Gasteiger partial charge in [-0.15, -0.1) is 0 Å². The number of aromatic nitrogens is 2. The number of H-pyrrole nitrogens is 1. The average Bonchev–Trinajstić information content (AvgIpc) is 2.66. The van der Waals surface area contributed by atoms with Crippen LogP contribution in [0.25, 0.3) is 0 Å². The van der Waals surface area contributed by atoms with Crippen molar-refractivity contribution in [2.75, 3.05) is 26.2 Å². The van der Waals surface area contributed by atoms with Crippen molar-refractivity contribution in [3.05, 3.63) is 31.5 Å². The van der Waals surface area contributed by atoms with E-state index in [0.29, 0.717) is 25.9 Å². The molecule has 0 bridgehead atoms. The smallest absolute Gasteiger partial charge is 0.328 e. The predicted octanol–water partition coefficient (Wildman–Crippen LogP) is 0.550. The molecule has 1 aromatic heterocycles. The van der Waals surface area contributed by atoms with Crippen LogP contribution < -0.4 is 11.2 Å². The second-order valence-electron chi connectivity index (χ2n) is 6.91. The van der Waals surface area contributed by atoms with Crippen LogP contribution in [0.3, 0.4) is 0 Å². The molecule has 2 saturated heterocycles. The number of rotatable bonds is 3. The molecule has 0 spiro atoms. The van der Waals surface area contributed by atoms with Crippen molar-refractivity contribution >= 4 is 27.7 Å². The number of halogens is 1. The zero-order valence-corrected chi connectivity index (χ0v) is 16.2. The van der Waals surface area contributed by atoms with Gasteiger partial charge in [-0.05, 0) is 48.0 Å². The number of nitrogens with zero attached hydrogens (tertiary/aromatic N) is 3. The molecule has 0 aliphatic carbocycles. The fourth-order valence-electron chi connectivity index (χ4n) is 3.59. The van der Waals surface area contributed by atoms with E-state index >= 15 is 0 Å². The summed E-state index contributed by atoms with van der Waals surface area (Å²) in [6.45, 7) is 2.60. The topological polar surface area (TPSA) is 95.5 Å². The van der Waals surface area contributed by atoms with Gasteiger partial charge in [-0.2, -0.15) is 0 Å². The van der Waals surface area contributed by atoms with Crippen LogP contribution in [0.1, 0.15) is 32.1 Å². The average molecular weight is 427 g/mol. The summed E-state index contributed by atoms with van der Waals surface area (Å²) in [4.78, 5) is 54.0. The molecule has 2 amide bonds. The van der Waals surface area contributed by atoms with E-state index in [2.05, 4.69) is 20.9 Å². The molecule has 2 fully saturated rings. The highest BCUT2D eigenvalue weighted by Gasteiger charge is 2.30. The first-order valence-corrected chi connectivity index (χ1v) is 9.81. The summed E-state index contributed by atoms with van der Waals surface area (Å²) < 4.78 is 1.38. The van der Waals surface area contributed by atoms with Gasteiger partial charge in [0.15, 0.2) is 0 Å². The minimum atomic E-state index is -0.610. The maximum Gasteiger partial charge on any atom is 0.328 e. The van der Waals surface area contributed by atoms with E-state index in [1.165, 1.54) is 17.2 Å². The maximum atomic E-state index is 12.6. The number of hydrogen-bond acceptors (Lipinski definition) is 4. The van der Waals surface area contributed by atoms with Gasteiger partial charge in [0.2, 0.25) is 11.8 Å². The van der Waals surface area contributed by atoms with Crippen molar-refractivity contribution in [2.45, 2.75) is 38.6 Å². The van der Waals surface area contributed by atoms with E-state index in [1.807, 2.05) is 4.90 Å². The lowest BCUT2D eigenvalue weighted by Crippen LogP contribution is -2.47. The summed E-state index contributed by atoms with van der Waals surface area (Å²) in [7, 11) is 0. The Kier molecular flexibility index (Phi) is 5.95. The third kappa shape index (κ3) is 4.25. The molecule has 0 unspecified atom stereocenters. The normalized spacial score (nSPS) is 18.8. The SMILES string of the molecule is O=C(Cn1cc(Br)c(=O)[nH]c1=O)N1CCC(C(=O)N2CCCCC2)CC1. The van der Waals surface area contributed by atoms with Crippen LogP contribution in [0.2, 0.25) is 0 Å². The van der Waals surface area contributed by atoms with Gasteiger partial charge in [0.05, 0.1) is 4.47 Å². The second-order valence-corrected chi connectivity index (χ2v) is 7.76. The molecule has 1 aromatic rings. The lowest BCUT2D eigenvalue weighted by molar-refractivity contribution is -0.141. The van der Waals surface area contributed by atoms with E-state index in [9.17, 15) is 19.2 Å². The van der Waals surface area contributed by atoms with Crippen molar-refractivity contribution in [1.82, 2.24) is 19.4 Å². The Morgan fingerprint density at radius 1 is 1.04 bits per heavy atom. The molecule has 0 radical (unpaired) electrons. The Balaban J connectivity index is 1.55. The van der Waals surface area contributed by atoms with E-state index in [1.54, 1.807) is 4.90 Å². The third-order valence-corrected chi connectivity index (χ3v) is 5.70. The highest BCUT2D eigenvalue weighted by atomic mass is 79.9. The van der Waals surface area contributed by atoms with Gasteiger partial charge in [0, 0.05) is 38.3 Å². The fraction of sp³-hybridized carbons (Fsp3) is 0.647. The Morgan fingerprint density at radius 2 is 1.69 bits per heavy atom. The van der Waals surface area contributed by atoms with Crippen LogP contribution >= 0.6 is 15.9 Å². The number of likely N-dealkylation sites (tertiary alicyclic amines) is 2. The number of hydrogen-bond donors (Lipinski definition) is 1. The molecule has 8 nitrogen and oxygen atoms in total. The summed E-state index contributed by atoms with van der Waals surface area (Å²) in [6, 6.07) is 0. The quantitative estimate of drug-likeness (QED) is 0.762. The molecular weight excluding hydrogens is 404 g/mol. The summed E-state index contributed by atoms with van der Waals surface area (Å²) in [5.41, 5.74) is -1.13. The van der Waals surface area contributed by atoms with E-state index < -0.39 is 11.2 Å². The van der Waals surface area contributed by atoms with Crippen LogP contribution in [0, 0.1) is 5.92 Å². The van der Waals surface area contributed by atoms with Gasteiger partial charge in [0.25, 0.3) is 5.56 Å². The molecule has 2 aliphatic rings. The van der Waals surface area contributed by atoms with Crippen LogP contribution in [0.5, 0.6) is 0 Å². The largest absolute Gasteiger partial charge is 0.342 e. The number of carbonyl (C=O) groups excluding carboxylic acids is 2. The molecule has 3 heterocycles. The fourth-order valence-corrected chi connectivity index (χ4v) is 3.94. The summed E-state index contributed by atoms with van der Waals surface area (Å²) in [5.74, 6) is 0.0228. The molecule has 142 valence electrons. The molecule has 9 heteroatoms. The number of amides is 2. The minimum Gasteiger partial charge on any atom is -0.342 e. The van der Waals surface area contributed by atoms with Gasteiger partial charge < -0.3 is 9.80 Å². The first-order chi connectivity index (χ1) is 12.5. The summed E-state index contributed by atoms with van der Waals surface area (Å²) in [5, 5.41) is 0. The lowest BCUT2D eigenvalue weighted by atomic mass is 9.94. The number of nitrogens with one attached hydrogen (secondary N) is 1. The second kappa shape index (κ2) is 8.20. The Bertz CT molecular complexity index is 789. The Hall–Kier alpha value is -1.90. The molecular formula is C17H23BrN4O4. The van der Waals surface area contributed by atoms with Gasteiger partial charge in [-0.25, -0.2) is 4.79 Å². The first-order valence-electron chi connectivity index (χ1n) is 9.01. The van der Waals surface area contributed by atoms with Gasteiger partial charge in [-0.1, -0.05) is 0 Å².